The first-order valence-electron chi connectivity index (χ1n) is 3.21. The average Bonchev–Trinajstić information content (AvgIpc) is 1.97. The number of hydrogen-bond donors (Lipinski definition) is 4. The number of carboxylic acid groups (broad SMARTS) is 3. The molecule has 4 N–H and O–H groups in total. The largest absolute Gasteiger partial charge is 0.481 e. The van der Waals surface area contributed by atoms with Crippen molar-refractivity contribution < 1.29 is 34.8 Å². The van der Waals surface area contributed by atoms with E-state index in [-0.39, 0.29) is 51.4 Å². The molecule has 8 heteroatoms. The van der Waals surface area contributed by atoms with Gasteiger partial charge in [-0.2, -0.15) is 0 Å². The summed E-state index contributed by atoms with van der Waals surface area (Å²) in [7, 11) is 0. The van der Waals surface area contributed by atoms with Crippen LogP contribution in [0.3, 0.4) is 0 Å². The van der Waals surface area contributed by atoms with Crippen LogP contribution in [0.5, 0.6) is 0 Å². The molecular formula is C6H8KO7. The van der Waals surface area contributed by atoms with Gasteiger partial charge in [0.05, 0.1) is 6.42 Å². The van der Waals surface area contributed by atoms with Gasteiger partial charge in [-0.15, -0.1) is 0 Å². The maximum absolute atomic E-state index is 10.3. The van der Waals surface area contributed by atoms with E-state index in [2.05, 4.69) is 0 Å². The van der Waals surface area contributed by atoms with Crippen molar-refractivity contribution in [3.8, 4) is 0 Å². The van der Waals surface area contributed by atoms with E-state index in [4.69, 9.17) is 20.4 Å². The van der Waals surface area contributed by atoms with Crippen molar-refractivity contribution in [3.05, 3.63) is 0 Å². The van der Waals surface area contributed by atoms with Crippen LogP contribution in [-0.2, 0) is 14.4 Å². The molecule has 0 aliphatic rings. The zero-order valence-electron chi connectivity index (χ0n) is 7.38. The average molecular weight is 231 g/mol. The van der Waals surface area contributed by atoms with Gasteiger partial charge in [-0.1, -0.05) is 0 Å². The van der Waals surface area contributed by atoms with Crippen molar-refractivity contribution in [1.29, 1.82) is 0 Å². The molecule has 0 saturated heterocycles. The van der Waals surface area contributed by atoms with Gasteiger partial charge in [0, 0.05) is 51.4 Å². The Bertz CT molecular complexity index is 238. The van der Waals surface area contributed by atoms with E-state index < -0.39 is 36.4 Å². The maximum Gasteiger partial charge on any atom is 0.333 e. The predicted molar refractivity (Wildman–Crippen MR) is 42.8 cm³/mol. The van der Waals surface area contributed by atoms with Gasteiger partial charge in [0.2, 0.25) is 0 Å². The van der Waals surface area contributed by atoms with Gasteiger partial charge >= 0.3 is 17.9 Å². The molecule has 0 spiro atoms. The number of carbonyl (C=O) groups is 3. The minimum Gasteiger partial charge on any atom is -0.481 e. The van der Waals surface area contributed by atoms with Gasteiger partial charge in [-0.25, -0.2) is 4.79 Å². The summed E-state index contributed by atoms with van der Waals surface area (Å²) >= 11 is 0. The summed E-state index contributed by atoms with van der Waals surface area (Å²) in [6.45, 7) is 0. The van der Waals surface area contributed by atoms with Crippen LogP contribution in [0.1, 0.15) is 6.42 Å². The van der Waals surface area contributed by atoms with Crippen molar-refractivity contribution in [2.24, 2.45) is 5.92 Å². The van der Waals surface area contributed by atoms with Crippen LogP contribution in [0.25, 0.3) is 0 Å². The van der Waals surface area contributed by atoms with Gasteiger partial charge in [0.1, 0.15) is 5.92 Å². The number of hydrogen-bond acceptors (Lipinski definition) is 4. The fourth-order valence-electron chi connectivity index (χ4n) is 0.694. The monoisotopic (exact) mass is 231 g/mol. The Morgan fingerprint density at radius 2 is 1.43 bits per heavy atom. The fourth-order valence-corrected chi connectivity index (χ4v) is 0.694. The quantitative estimate of drug-likeness (QED) is 0.411. The molecule has 2 atom stereocenters. The molecule has 7 nitrogen and oxygen atoms in total. The van der Waals surface area contributed by atoms with E-state index in [1.54, 1.807) is 0 Å². The predicted octanol–water partition coefficient (Wildman–Crippen LogP) is -1.77. The topological polar surface area (TPSA) is 132 Å². The normalized spacial score (nSPS) is 13.5. The molecule has 0 aromatic rings. The summed E-state index contributed by atoms with van der Waals surface area (Å²) in [6, 6.07) is 0. The second-order valence-electron chi connectivity index (χ2n) is 2.33. The standard InChI is InChI=1S/C6H8O7.K/c7-3(8)1-2(5(10)11)4(9)6(12)13;/h2,4,9H,1H2,(H,7,8)(H,10,11)(H,12,13);. The van der Waals surface area contributed by atoms with E-state index in [0.717, 1.165) is 0 Å². The molecule has 75 valence electrons. The Morgan fingerprint density at radius 3 is 1.64 bits per heavy atom. The van der Waals surface area contributed by atoms with Crippen LogP contribution in [0, 0.1) is 5.92 Å². The molecular weight excluding hydrogens is 223 g/mol. The Kier molecular flexibility index (Phi) is 8.59. The summed E-state index contributed by atoms with van der Waals surface area (Å²) in [4.78, 5) is 30.5. The second kappa shape index (κ2) is 7.32. The molecule has 0 aliphatic carbocycles. The van der Waals surface area contributed by atoms with Gasteiger partial charge in [-0.3, -0.25) is 9.59 Å². The minimum absolute atomic E-state index is 0. The van der Waals surface area contributed by atoms with Gasteiger partial charge in [-0.05, 0) is 0 Å². The van der Waals surface area contributed by atoms with Gasteiger partial charge < -0.3 is 20.4 Å². The first kappa shape index (κ1) is 16.4. The van der Waals surface area contributed by atoms with Crippen LogP contribution in [0.2, 0.25) is 0 Å². The Hall–Kier alpha value is 0.00636. The molecule has 0 aliphatic heterocycles. The van der Waals surface area contributed by atoms with Crippen LogP contribution < -0.4 is 0 Å². The molecule has 0 fully saturated rings. The SMILES string of the molecule is O=C(O)CC(C(=O)O)C(O)C(=O)O.[K]. The third-order valence-electron chi connectivity index (χ3n) is 1.35. The van der Waals surface area contributed by atoms with Crippen LogP contribution in [0.15, 0.2) is 0 Å². The summed E-state index contributed by atoms with van der Waals surface area (Å²) in [6.07, 6.45) is -3.13. The van der Waals surface area contributed by atoms with E-state index in [0.29, 0.717) is 0 Å². The number of carboxylic acids is 3. The zero-order valence-corrected chi connectivity index (χ0v) is 10.5. The maximum atomic E-state index is 10.3. The van der Waals surface area contributed by atoms with Crippen molar-refractivity contribution in [1.82, 2.24) is 0 Å². The first-order chi connectivity index (χ1) is 5.86. The number of aliphatic carboxylic acids is 3. The molecule has 0 saturated carbocycles. The van der Waals surface area contributed by atoms with Crippen molar-refractivity contribution in [2.45, 2.75) is 12.5 Å². The summed E-state index contributed by atoms with van der Waals surface area (Å²) < 4.78 is 0. The Balaban J connectivity index is 0. The third-order valence-corrected chi connectivity index (χ3v) is 1.35. The van der Waals surface area contributed by atoms with Crippen molar-refractivity contribution in [2.75, 3.05) is 0 Å². The molecule has 0 heterocycles. The molecule has 0 aromatic carbocycles. The van der Waals surface area contributed by atoms with Gasteiger partial charge in [0.15, 0.2) is 6.10 Å². The first-order valence-corrected chi connectivity index (χ1v) is 3.21. The second-order valence-corrected chi connectivity index (χ2v) is 2.33. The van der Waals surface area contributed by atoms with Crippen LogP contribution in [-0.4, -0.2) is 95.8 Å². The van der Waals surface area contributed by atoms with E-state index in [9.17, 15) is 14.4 Å². The van der Waals surface area contributed by atoms with Crippen molar-refractivity contribution in [3.63, 3.8) is 0 Å². The number of rotatable bonds is 5. The van der Waals surface area contributed by atoms with E-state index in [1.165, 1.54) is 0 Å². The summed E-state index contributed by atoms with van der Waals surface area (Å²) in [5.74, 6) is -6.71. The summed E-state index contributed by atoms with van der Waals surface area (Å²) in [5, 5.41) is 33.5. The molecule has 2 unspecified atom stereocenters. The van der Waals surface area contributed by atoms with Crippen LogP contribution in [0.4, 0.5) is 0 Å². The Labute approximate surface area is 121 Å². The molecule has 1 radical (unpaired) electrons. The molecule has 0 amide bonds. The molecule has 0 aromatic heterocycles. The molecule has 14 heavy (non-hydrogen) atoms. The molecule has 0 rings (SSSR count). The number of aliphatic hydroxyl groups is 1. The molecule has 0 bridgehead atoms. The fraction of sp³-hybridized carbons (Fsp3) is 0.500. The Morgan fingerprint density at radius 1 is 1.00 bits per heavy atom. The van der Waals surface area contributed by atoms with Crippen molar-refractivity contribution >= 4 is 69.3 Å². The van der Waals surface area contributed by atoms with E-state index in [1.807, 2.05) is 0 Å². The number of aliphatic hydroxyl groups excluding tert-OH is 1. The summed E-state index contributed by atoms with van der Waals surface area (Å²) in [5.41, 5.74) is 0. The zero-order chi connectivity index (χ0) is 10.6. The smallest absolute Gasteiger partial charge is 0.333 e. The third kappa shape index (κ3) is 5.68. The van der Waals surface area contributed by atoms with E-state index >= 15 is 0 Å². The minimum atomic E-state index is -2.20. The van der Waals surface area contributed by atoms with Gasteiger partial charge in [0.25, 0.3) is 0 Å². The van der Waals surface area contributed by atoms with Crippen LogP contribution >= 0.6 is 0 Å².